The summed E-state index contributed by atoms with van der Waals surface area (Å²) in [5, 5.41) is 3.47. The largest absolute Gasteiger partial charge is 0.493 e. The van der Waals surface area contributed by atoms with Gasteiger partial charge in [-0.2, -0.15) is 0 Å². The van der Waals surface area contributed by atoms with Gasteiger partial charge < -0.3 is 19.7 Å². The molecule has 0 radical (unpaired) electrons. The predicted octanol–water partition coefficient (Wildman–Crippen LogP) is 3.96. The zero-order valence-electron chi connectivity index (χ0n) is 17.3. The van der Waals surface area contributed by atoms with Crippen LogP contribution in [0.3, 0.4) is 0 Å². The van der Waals surface area contributed by atoms with Gasteiger partial charge in [0.1, 0.15) is 0 Å². The lowest BCUT2D eigenvalue weighted by Crippen LogP contribution is -2.36. The summed E-state index contributed by atoms with van der Waals surface area (Å²) in [7, 11) is 3.28. The highest BCUT2D eigenvalue weighted by Crippen LogP contribution is 2.33. The number of carbonyl (C=O) groups excluding carboxylic acids is 1. The lowest BCUT2D eigenvalue weighted by atomic mass is 9.98. The van der Waals surface area contributed by atoms with Crippen LogP contribution in [0, 0.1) is 6.92 Å². The average molecular weight is 383 g/mol. The van der Waals surface area contributed by atoms with Crippen LogP contribution in [0.4, 0.5) is 5.69 Å². The van der Waals surface area contributed by atoms with Crippen molar-refractivity contribution in [3.8, 4) is 11.5 Å². The molecule has 0 saturated carbocycles. The molecule has 0 atom stereocenters. The van der Waals surface area contributed by atoms with Gasteiger partial charge in [-0.05, 0) is 54.2 Å². The molecule has 0 bridgehead atoms. The second kappa shape index (κ2) is 9.00. The van der Waals surface area contributed by atoms with Crippen LogP contribution >= 0.6 is 0 Å². The van der Waals surface area contributed by atoms with E-state index in [0.29, 0.717) is 25.3 Å². The lowest BCUT2D eigenvalue weighted by Gasteiger charge is -2.30. The van der Waals surface area contributed by atoms with Crippen LogP contribution < -0.4 is 14.8 Å². The fraction of sp³-hybridized carbons (Fsp3) is 0.435. The van der Waals surface area contributed by atoms with Crippen LogP contribution in [0.5, 0.6) is 11.5 Å². The maximum absolute atomic E-state index is 12.7. The van der Waals surface area contributed by atoms with Crippen molar-refractivity contribution in [3.05, 3.63) is 52.6 Å². The monoisotopic (exact) mass is 382 g/mol. The van der Waals surface area contributed by atoms with Crippen molar-refractivity contribution in [1.82, 2.24) is 4.90 Å². The van der Waals surface area contributed by atoms with Gasteiger partial charge in [-0.1, -0.05) is 25.1 Å². The fourth-order valence-electron chi connectivity index (χ4n) is 3.82. The number of nitrogens with one attached hydrogen (secondary N) is 1. The number of fused-ring (bicyclic) bond motifs is 1. The maximum Gasteiger partial charge on any atom is 0.224 e. The number of hydrogen-bond acceptors (Lipinski definition) is 4. The number of para-hydroxylation sites is 1. The summed E-state index contributed by atoms with van der Waals surface area (Å²) in [5.74, 6) is 1.64. The zero-order chi connectivity index (χ0) is 20.1. The minimum Gasteiger partial charge on any atom is -0.493 e. The number of ether oxygens (including phenoxy) is 2. The van der Waals surface area contributed by atoms with Crippen LogP contribution in [0.2, 0.25) is 0 Å². The summed E-state index contributed by atoms with van der Waals surface area (Å²) in [6.45, 7) is 6.27. The Balaban J connectivity index is 1.61. The Morgan fingerprint density at radius 3 is 2.54 bits per heavy atom. The molecule has 0 fully saturated rings. The molecule has 1 amide bonds. The number of rotatable bonds is 7. The molecule has 5 heteroatoms. The molecule has 1 heterocycles. The smallest absolute Gasteiger partial charge is 0.224 e. The molecule has 0 saturated heterocycles. The van der Waals surface area contributed by atoms with Gasteiger partial charge in [-0.25, -0.2) is 0 Å². The number of carbonyl (C=O) groups is 1. The molecule has 2 aromatic rings. The van der Waals surface area contributed by atoms with Crippen molar-refractivity contribution in [2.24, 2.45) is 0 Å². The maximum atomic E-state index is 12.7. The van der Waals surface area contributed by atoms with Gasteiger partial charge in [0.15, 0.2) is 11.5 Å². The van der Waals surface area contributed by atoms with E-state index in [2.05, 4.69) is 37.4 Å². The van der Waals surface area contributed by atoms with Gasteiger partial charge in [-0.15, -0.1) is 0 Å². The molecular weight excluding hydrogens is 352 g/mol. The zero-order valence-corrected chi connectivity index (χ0v) is 17.3. The summed E-state index contributed by atoms with van der Waals surface area (Å²) in [6.07, 6.45) is 2.30. The van der Waals surface area contributed by atoms with E-state index in [0.717, 1.165) is 30.7 Å². The fourth-order valence-corrected chi connectivity index (χ4v) is 3.82. The van der Waals surface area contributed by atoms with Crippen molar-refractivity contribution < 1.29 is 14.3 Å². The molecule has 0 unspecified atom stereocenters. The van der Waals surface area contributed by atoms with Crippen LogP contribution in [-0.2, 0) is 24.2 Å². The Kier molecular flexibility index (Phi) is 6.45. The quantitative estimate of drug-likeness (QED) is 0.787. The van der Waals surface area contributed by atoms with E-state index >= 15 is 0 Å². The van der Waals surface area contributed by atoms with Gasteiger partial charge in [0.05, 0.1) is 14.2 Å². The molecule has 150 valence electrons. The van der Waals surface area contributed by atoms with E-state index in [4.69, 9.17) is 9.47 Å². The van der Waals surface area contributed by atoms with Crippen molar-refractivity contribution >= 4 is 11.6 Å². The molecule has 3 rings (SSSR count). The topological polar surface area (TPSA) is 50.8 Å². The number of benzene rings is 2. The second-order valence-corrected chi connectivity index (χ2v) is 7.18. The third kappa shape index (κ3) is 4.24. The number of methoxy groups -OCH3 is 2. The number of hydrogen-bond donors (Lipinski definition) is 1. The first-order valence-electron chi connectivity index (χ1n) is 9.91. The summed E-state index contributed by atoms with van der Waals surface area (Å²) in [5.41, 5.74) is 6.04. The Labute approximate surface area is 167 Å². The van der Waals surface area contributed by atoms with Crippen LogP contribution in [0.25, 0.3) is 0 Å². The summed E-state index contributed by atoms with van der Waals surface area (Å²) < 4.78 is 10.8. The van der Waals surface area contributed by atoms with E-state index in [1.807, 2.05) is 17.0 Å². The highest BCUT2D eigenvalue weighted by molar-refractivity contribution is 5.77. The minimum atomic E-state index is 0.180. The molecular formula is C23H30N2O3. The number of nitrogens with zero attached hydrogens (tertiary/aromatic N) is 1. The van der Waals surface area contributed by atoms with Crippen molar-refractivity contribution in [2.45, 2.75) is 39.7 Å². The molecule has 5 nitrogen and oxygen atoms in total. The van der Waals surface area contributed by atoms with Gasteiger partial charge in [0, 0.05) is 31.7 Å². The average Bonchev–Trinajstić information content (AvgIpc) is 2.73. The number of anilines is 1. The SMILES string of the molecule is CCc1cccc(C)c1NCCC(=O)N1CCc2cc(OC)c(OC)cc2C1. The predicted molar refractivity (Wildman–Crippen MR) is 112 cm³/mol. The normalized spacial score (nSPS) is 13.1. The van der Waals surface area contributed by atoms with Gasteiger partial charge >= 0.3 is 0 Å². The van der Waals surface area contributed by atoms with Gasteiger partial charge in [-0.3, -0.25) is 4.79 Å². The second-order valence-electron chi connectivity index (χ2n) is 7.18. The van der Waals surface area contributed by atoms with Crippen molar-refractivity contribution in [2.75, 3.05) is 32.6 Å². The first-order valence-corrected chi connectivity index (χ1v) is 9.91. The molecule has 1 N–H and O–H groups in total. The summed E-state index contributed by atoms with van der Waals surface area (Å²) in [4.78, 5) is 14.7. The third-order valence-electron chi connectivity index (χ3n) is 5.45. The molecule has 0 aliphatic carbocycles. The van der Waals surface area contributed by atoms with Crippen LogP contribution in [0.1, 0.15) is 35.6 Å². The van der Waals surface area contributed by atoms with Crippen molar-refractivity contribution in [1.29, 1.82) is 0 Å². The summed E-state index contributed by atoms with van der Waals surface area (Å²) >= 11 is 0. The van der Waals surface area contributed by atoms with Crippen molar-refractivity contribution in [3.63, 3.8) is 0 Å². The van der Waals surface area contributed by atoms with E-state index in [-0.39, 0.29) is 5.91 Å². The number of amides is 1. The molecule has 2 aromatic carbocycles. The highest BCUT2D eigenvalue weighted by Gasteiger charge is 2.22. The molecule has 1 aliphatic rings. The van der Waals surface area contributed by atoms with E-state index in [1.165, 1.54) is 22.4 Å². The van der Waals surface area contributed by atoms with E-state index < -0.39 is 0 Å². The molecule has 1 aliphatic heterocycles. The Hall–Kier alpha value is -2.69. The Morgan fingerprint density at radius 1 is 1.14 bits per heavy atom. The highest BCUT2D eigenvalue weighted by atomic mass is 16.5. The van der Waals surface area contributed by atoms with Gasteiger partial charge in [0.25, 0.3) is 0 Å². The standard InChI is InChI=1S/C23H30N2O3/c1-5-17-8-6-7-16(2)23(17)24-11-9-22(26)25-12-10-18-13-20(27-3)21(28-4)14-19(18)15-25/h6-8,13-14,24H,5,9-12,15H2,1-4H3. The lowest BCUT2D eigenvalue weighted by molar-refractivity contribution is -0.131. The Morgan fingerprint density at radius 2 is 1.86 bits per heavy atom. The van der Waals surface area contributed by atoms with E-state index in [1.54, 1.807) is 14.2 Å². The first-order chi connectivity index (χ1) is 13.6. The summed E-state index contributed by atoms with van der Waals surface area (Å²) in [6, 6.07) is 10.3. The van der Waals surface area contributed by atoms with Crippen LogP contribution in [-0.4, -0.2) is 38.1 Å². The number of aryl methyl sites for hydroxylation is 2. The minimum absolute atomic E-state index is 0.180. The van der Waals surface area contributed by atoms with E-state index in [9.17, 15) is 4.79 Å². The Bertz CT molecular complexity index is 848. The first kappa shape index (κ1) is 20.1. The molecule has 28 heavy (non-hydrogen) atoms. The molecule has 0 spiro atoms. The van der Waals surface area contributed by atoms with Crippen LogP contribution in [0.15, 0.2) is 30.3 Å². The molecule has 0 aromatic heterocycles. The van der Waals surface area contributed by atoms with Gasteiger partial charge in [0.2, 0.25) is 5.91 Å². The third-order valence-corrected chi connectivity index (χ3v) is 5.45.